The van der Waals surface area contributed by atoms with E-state index in [1.165, 1.54) is 0 Å². The molecule has 0 saturated heterocycles. The van der Waals surface area contributed by atoms with Crippen molar-refractivity contribution in [2.24, 2.45) is 0 Å². The Balaban J connectivity index is 1.68. The number of aryl methyl sites for hydroxylation is 1. The Morgan fingerprint density at radius 2 is 2.00 bits per heavy atom. The molecule has 1 heterocycles. The lowest BCUT2D eigenvalue weighted by molar-refractivity contribution is 0.102. The van der Waals surface area contributed by atoms with Gasteiger partial charge in [0.25, 0.3) is 5.91 Å². The molecule has 1 N–H and O–H groups in total. The minimum Gasteiger partial charge on any atom is -0.481 e. The first-order chi connectivity index (χ1) is 13.2. The number of amides is 1. The van der Waals surface area contributed by atoms with Crippen molar-refractivity contribution in [2.75, 3.05) is 11.9 Å². The zero-order valence-corrected chi connectivity index (χ0v) is 15.6. The van der Waals surface area contributed by atoms with E-state index in [-0.39, 0.29) is 5.91 Å². The Bertz CT molecular complexity index is 1020. The van der Waals surface area contributed by atoms with Crippen molar-refractivity contribution < 1.29 is 9.53 Å². The highest BCUT2D eigenvalue weighted by Gasteiger charge is 2.08. The Labute approximate surface area is 159 Å². The average Bonchev–Trinajstić information content (AvgIpc) is 2.67. The van der Waals surface area contributed by atoms with Crippen molar-refractivity contribution in [1.82, 2.24) is 4.98 Å². The zero-order valence-electron chi connectivity index (χ0n) is 15.6. The third-order valence-corrected chi connectivity index (χ3v) is 3.99. The molecule has 0 aliphatic rings. The highest BCUT2D eigenvalue weighted by molar-refractivity contribution is 6.06. The van der Waals surface area contributed by atoms with Gasteiger partial charge in [-0.25, -0.2) is 0 Å². The smallest absolute Gasteiger partial charge is 0.255 e. The van der Waals surface area contributed by atoms with Crippen LogP contribution in [0, 0.1) is 18.8 Å². The molecule has 4 heteroatoms. The van der Waals surface area contributed by atoms with Crippen LogP contribution in [0.1, 0.15) is 35.8 Å². The van der Waals surface area contributed by atoms with Crippen molar-refractivity contribution >= 4 is 22.5 Å². The molecule has 0 fully saturated rings. The number of rotatable bonds is 5. The quantitative estimate of drug-likeness (QED) is 0.655. The van der Waals surface area contributed by atoms with Crippen LogP contribution < -0.4 is 10.1 Å². The highest BCUT2D eigenvalue weighted by atomic mass is 16.5. The van der Waals surface area contributed by atoms with E-state index in [1.54, 1.807) is 12.1 Å². The lowest BCUT2D eigenvalue weighted by atomic mass is 10.1. The van der Waals surface area contributed by atoms with Crippen LogP contribution in [0.3, 0.4) is 0 Å². The summed E-state index contributed by atoms with van der Waals surface area (Å²) in [4.78, 5) is 17.0. The van der Waals surface area contributed by atoms with Gasteiger partial charge in [0.1, 0.15) is 12.4 Å². The second-order valence-electron chi connectivity index (χ2n) is 6.23. The molecule has 0 aliphatic carbocycles. The molecule has 2 aromatic carbocycles. The van der Waals surface area contributed by atoms with Crippen LogP contribution in [0.25, 0.3) is 10.9 Å². The number of carbonyl (C=O) groups is 1. The maximum Gasteiger partial charge on any atom is 0.255 e. The molecule has 3 aromatic rings. The second-order valence-corrected chi connectivity index (χ2v) is 6.23. The van der Waals surface area contributed by atoms with Crippen LogP contribution in [0.4, 0.5) is 5.69 Å². The van der Waals surface area contributed by atoms with E-state index in [4.69, 9.17) is 4.74 Å². The molecule has 0 unspecified atom stereocenters. The van der Waals surface area contributed by atoms with Gasteiger partial charge < -0.3 is 10.1 Å². The molecule has 4 nitrogen and oxygen atoms in total. The highest BCUT2D eigenvalue weighted by Crippen LogP contribution is 2.19. The molecule has 0 saturated carbocycles. The minimum absolute atomic E-state index is 0.169. The molecular weight excluding hydrogens is 336 g/mol. The number of anilines is 1. The number of pyridine rings is 1. The van der Waals surface area contributed by atoms with Gasteiger partial charge in [-0.1, -0.05) is 30.9 Å². The molecule has 3 rings (SSSR count). The molecule has 0 spiro atoms. The maximum atomic E-state index is 12.6. The van der Waals surface area contributed by atoms with Crippen LogP contribution in [0.15, 0.2) is 54.6 Å². The summed E-state index contributed by atoms with van der Waals surface area (Å²) in [5, 5.41) is 3.85. The van der Waals surface area contributed by atoms with Crippen molar-refractivity contribution in [3.05, 3.63) is 65.9 Å². The number of carbonyl (C=O) groups excluding carboxylic acids is 1. The summed E-state index contributed by atoms with van der Waals surface area (Å²) < 4.78 is 5.62. The maximum absolute atomic E-state index is 12.6. The summed E-state index contributed by atoms with van der Waals surface area (Å²) in [6.07, 6.45) is 1.92. The van der Waals surface area contributed by atoms with E-state index in [1.807, 2.05) is 49.4 Å². The molecule has 0 radical (unpaired) electrons. The van der Waals surface area contributed by atoms with E-state index < -0.39 is 0 Å². The number of nitrogens with one attached hydrogen (secondary N) is 1. The van der Waals surface area contributed by atoms with Gasteiger partial charge in [-0.15, -0.1) is 0 Å². The van der Waals surface area contributed by atoms with Gasteiger partial charge in [0, 0.05) is 34.8 Å². The summed E-state index contributed by atoms with van der Waals surface area (Å²) in [6, 6.07) is 16.7. The molecule has 1 aromatic heterocycles. The summed E-state index contributed by atoms with van der Waals surface area (Å²) in [5.41, 5.74) is 3.10. The lowest BCUT2D eigenvalue weighted by Crippen LogP contribution is -2.12. The first-order valence-electron chi connectivity index (χ1n) is 9.03. The molecule has 136 valence electrons. The predicted octanol–water partition coefficient (Wildman–Crippen LogP) is 4.98. The van der Waals surface area contributed by atoms with E-state index in [9.17, 15) is 4.79 Å². The topological polar surface area (TPSA) is 51.2 Å². The fourth-order valence-corrected chi connectivity index (χ4v) is 2.62. The van der Waals surface area contributed by atoms with Crippen molar-refractivity contribution in [3.8, 4) is 17.6 Å². The minimum atomic E-state index is -0.169. The molecule has 1 amide bonds. The van der Waals surface area contributed by atoms with E-state index in [0.29, 0.717) is 23.6 Å². The fourth-order valence-electron chi connectivity index (χ4n) is 2.62. The monoisotopic (exact) mass is 358 g/mol. The molecule has 27 heavy (non-hydrogen) atoms. The van der Waals surface area contributed by atoms with E-state index >= 15 is 0 Å². The van der Waals surface area contributed by atoms with Crippen LogP contribution in [0.5, 0.6) is 5.75 Å². The van der Waals surface area contributed by atoms with Gasteiger partial charge >= 0.3 is 0 Å². The summed E-state index contributed by atoms with van der Waals surface area (Å²) >= 11 is 0. The number of aromatic nitrogens is 1. The molecule has 0 aliphatic heterocycles. The zero-order chi connectivity index (χ0) is 19.1. The Hall–Kier alpha value is -3.32. The number of hydrogen-bond donors (Lipinski definition) is 1. The Morgan fingerprint density at radius 1 is 1.11 bits per heavy atom. The molecular formula is C23H22N2O2. The van der Waals surface area contributed by atoms with Crippen molar-refractivity contribution in [3.63, 3.8) is 0 Å². The van der Waals surface area contributed by atoms with Crippen LogP contribution >= 0.6 is 0 Å². The number of ether oxygens (including phenoxy) is 1. The summed E-state index contributed by atoms with van der Waals surface area (Å²) in [7, 11) is 0. The van der Waals surface area contributed by atoms with E-state index in [2.05, 4.69) is 29.1 Å². The summed E-state index contributed by atoms with van der Waals surface area (Å²) in [6.45, 7) is 4.38. The van der Waals surface area contributed by atoms with Crippen LogP contribution in [-0.2, 0) is 0 Å². The molecule has 0 bridgehead atoms. The van der Waals surface area contributed by atoms with Gasteiger partial charge in [0.15, 0.2) is 0 Å². The number of fused-ring (bicyclic) bond motifs is 1. The van der Waals surface area contributed by atoms with Crippen LogP contribution in [0.2, 0.25) is 0 Å². The molecule has 0 atom stereocenters. The standard InChI is InChI=1S/C23H22N2O2/c1-3-4-5-6-14-27-21-9-7-8-20(16-21)25-23(26)19-12-13-22-18(15-19)11-10-17(2)24-22/h7-13,15-16H,3-4,14H2,1-2H3,(H,25,26). The first kappa shape index (κ1) is 18.5. The first-order valence-corrected chi connectivity index (χ1v) is 9.03. The van der Waals surface area contributed by atoms with Crippen molar-refractivity contribution in [1.29, 1.82) is 0 Å². The number of nitrogens with zero attached hydrogens (tertiary/aromatic N) is 1. The van der Waals surface area contributed by atoms with Gasteiger partial charge in [-0.05, 0) is 49.7 Å². The van der Waals surface area contributed by atoms with Gasteiger partial charge in [0.2, 0.25) is 0 Å². The second kappa shape index (κ2) is 8.86. The predicted molar refractivity (Wildman–Crippen MR) is 109 cm³/mol. The largest absolute Gasteiger partial charge is 0.481 e. The van der Waals surface area contributed by atoms with Crippen molar-refractivity contribution in [2.45, 2.75) is 26.7 Å². The fraction of sp³-hybridized carbons (Fsp3) is 0.217. The average molecular weight is 358 g/mol. The third kappa shape index (κ3) is 5.08. The van der Waals surface area contributed by atoms with Gasteiger partial charge in [-0.3, -0.25) is 9.78 Å². The number of hydrogen-bond acceptors (Lipinski definition) is 3. The number of unbranched alkanes of at least 4 members (excludes halogenated alkanes) is 1. The SMILES string of the molecule is CCCC#CCOc1cccc(NC(=O)c2ccc3nc(C)ccc3c2)c1. The van der Waals surface area contributed by atoms with Crippen LogP contribution in [-0.4, -0.2) is 17.5 Å². The van der Waals surface area contributed by atoms with Gasteiger partial charge in [-0.2, -0.15) is 0 Å². The van der Waals surface area contributed by atoms with E-state index in [0.717, 1.165) is 29.4 Å². The summed E-state index contributed by atoms with van der Waals surface area (Å²) in [5.74, 6) is 6.53. The third-order valence-electron chi connectivity index (χ3n) is 3.99. The normalized spacial score (nSPS) is 10.1. The Morgan fingerprint density at radius 3 is 2.85 bits per heavy atom. The lowest BCUT2D eigenvalue weighted by Gasteiger charge is -2.08. The van der Waals surface area contributed by atoms with Gasteiger partial charge in [0.05, 0.1) is 5.52 Å². The number of benzene rings is 2. The Kier molecular flexibility index (Phi) is 6.06.